The third-order valence-corrected chi connectivity index (χ3v) is 6.43. The highest BCUT2D eigenvalue weighted by atomic mass is 35.5. The van der Waals surface area contributed by atoms with E-state index in [1.54, 1.807) is 6.07 Å². The van der Waals surface area contributed by atoms with Gasteiger partial charge < -0.3 is 10.1 Å². The van der Waals surface area contributed by atoms with Crippen molar-refractivity contribution in [3.8, 4) is 5.75 Å². The molecule has 1 saturated heterocycles. The van der Waals surface area contributed by atoms with Gasteiger partial charge in [0, 0.05) is 24.7 Å². The van der Waals surface area contributed by atoms with Crippen LogP contribution in [0.25, 0.3) is 0 Å². The highest BCUT2D eigenvalue weighted by molar-refractivity contribution is 7.89. The number of nitrogens with zero attached hydrogens (tertiary/aromatic N) is 1. The molecule has 3 rings (SSSR count). The molecule has 0 saturated carbocycles. The summed E-state index contributed by atoms with van der Waals surface area (Å²) in [6.07, 6.45) is 1.66. The molecule has 0 unspecified atom stereocenters. The molecule has 0 radical (unpaired) electrons. The van der Waals surface area contributed by atoms with Gasteiger partial charge in [-0.2, -0.15) is 4.31 Å². The van der Waals surface area contributed by atoms with Crippen molar-refractivity contribution in [2.24, 2.45) is 0 Å². The first-order chi connectivity index (χ1) is 13.0. The Morgan fingerprint density at radius 1 is 1.11 bits per heavy atom. The van der Waals surface area contributed by atoms with E-state index in [4.69, 9.17) is 16.3 Å². The molecule has 2 aromatic rings. The van der Waals surface area contributed by atoms with Gasteiger partial charge in [-0.3, -0.25) is 4.79 Å². The molecule has 1 heterocycles. The quantitative estimate of drug-likeness (QED) is 0.764. The van der Waals surface area contributed by atoms with Gasteiger partial charge in [0.1, 0.15) is 10.6 Å². The fourth-order valence-electron chi connectivity index (χ4n) is 2.86. The van der Waals surface area contributed by atoms with Gasteiger partial charge in [-0.05, 0) is 36.6 Å². The van der Waals surface area contributed by atoms with Crippen LogP contribution in [0.3, 0.4) is 0 Å². The van der Waals surface area contributed by atoms with Gasteiger partial charge in [-0.25, -0.2) is 8.42 Å². The number of ether oxygens (including phenoxy) is 1. The number of benzene rings is 2. The van der Waals surface area contributed by atoms with E-state index in [9.17, 15) is 13.2 Å². The minimum atomic E-state index is -3.70. The molecule has 1 aliphatic heterocycles. The van der Waals surface area contributed by atoms with E-state index in [1.807, 2.05) is 30.3 Å². The average molecular weight is 409 g/mol. The van der Waals surface area contributed by atoms with Crippen LogP contribution in [0.1, 0.15) is 18.4 Å². The van der Waals surface area contributed by atoms with E-state index in [0.29, 0.717) is 24.7 Å². The van der Waals surface area contributed by atoms with Crippen molar-refractivity contribution in [1.82, 2.24) is 9.62 Å². The first-order valence-corrected chi connectivity index (χ1v) is 10.5. The first kappa shape index (κ1) is 19.7. The predicted molar refractivity (Wildman–Crippen MR) is 103 cm³/mol. The molecule has 1 fully saturated rings. The number of halogens is 1. The van der Waals surface area contributed by atoms with Crippen LogP contribution in [0.2, 0.25) is 5.02 Å². The lowest BCUT2D eigenvalue weighted by Crippen LogP contribution is -2.30. The van der Waals surface area contributed by atoms with Gasteiger partial charge in [0.05, 0.1) is 0 Å². The van der Waals surface area contributed by atoms with Crippen molar-refractivity contribution in [1.29, 1.82) is 0 Å². The van der Waals surface area contributed by atoms with E-state index < -0.39 is 10.0 Å². The molecule has 0 aliphatic carbocycles. The van der Waals surface area contributed by atoms with E-state index in [0.717, 1.165) is 18.4 Å². The number of amides is 1. The van der Waals surface area contributed by atoms with Crippen LogP contribution in [-0.4, -0.2) is 38.3 Å². The van der Waals surface area contributed by atoms with E-state index in [-0.39, 0.29) is 23.2 Å². The van der Waals surface area contributed by atoms with Gasteiger partial charge in [-0.1, -0.05) is 41.9 Å². The van der Waals surface area contributed by atoms with Crippen molar-refractivity contribution in [2.75, 3.05) is 19.7 Å². The minimum Gasteiger partial charge on any atom is -0.482 e. The average Bonchev–Trinajstić information content (AvgIpc) is 3.22. The number of carbonyl (C=O) groups is 1. The second-order valence-corrected chi connectivity index (χ2v) is 8.60. The monoisotopic (exact) mass is 408 g/mol. The molecule has 0 aromatic heterocycles. The topological polar surface area (TPSA) is 75.7 Å². The number of carbonyl (C=O) groups excluding carboxylic acids is 1. The summed E-state index contributed by atoms with van der Waals surface area (Å²) in [5.41, 5.74) is 0.967. The smallest absolute Gasteiger partial charge is 0.258 e. The summed E-state index contributed by atoms with van der Waals surface area (Å²) >= 11 is 5.99. The van der Waals surface area contributed by atoms with Crippen LogP contribution in [0.4, 0.5) is 0 Å². The molecular weight excluding hydrogens is 388 g/mol. The molecule has 1 N–H and O–H groups in total. The Balaban J connectivity index is 1.67. The lowest BCUT2D eigenvalue weighted by atomic mass is 10.2. The summed E-state index contributed by atoms with van der Waals surface area (Å²) in [5, 5.41) is 3.04. The number of hydrogen-bond acceptors (Lipinski definition) is 4. The lowest BCUT2D eigenvalue weighted by molar-refractivity contribution is -0.123. The maximum atomic E-state index is 12.8. The summed E-state index contributed by atoms with van der Waals surface area (Å²) in [5.74, 6) is -0.209. The predicted octanol–water partition coefficient (Wildman–Crippen LogP) is 2.82. The standard InChI is InChI=1S/C19H21ClN2O4S/c20-16-8-9-17(18(12-16)27(24,25)22-10-4-5-11-22)26-14-19(23)21-13-15-6-2-1-3-7-15/h1-3,6-9,12H,4-5,10-11,13-14H2,(H,21,23). The summed E-state index contributed by atoms with van der Waals surface area (Å²) in [6.45, 7) is 1.05. The second-order valence-electron chi connectivity index (χ2n) is 6.25. The Hall–Kier alpha value is -2.09. The van der Waals surface area contributed by atoms with Crippen molar-refractivity contribution < 1.29 is 17.9 Å². The zero-order valence-electron chi connectivity index (χ0n) is 14.7. The molecule has 1 aliphatic rings. The summed E-state index contributed by atoms with van der Waals surface area (Å²) < 4.78 is 32.6. The third kappa shape index (κ3) is 5.00. The molecule has 1 amide bonds. The van der Waals surface area contributed by atoms with Crippen molar-refractivity contribution in [3.05, 3.63) is 59.1 Å². The Labute approximate surface area is 164 Å². The lowest BCUT2D eigenvalue weighted by Gasteiger charge is -2.18. The Morgan fingerprint density at radius 2 is 1.81 bits per heavy atom. The number of rotatable bonds is 7. The number of nitrogens with one attached hydrogen (secondary N) is 1. The second kappa shape index (κ2) is 8.73. The van der Waals surface area contributed by atoms with Crippen LogP contribution in [-0.2, 0) is 21.4 Å². The van der Waals surface area contributed by atoms with E-state index in [2.05, 4.69) is 5.32 Å². The molecule has 0 atom stereocenters. The van der Waals surface area contributed by atoms with Gasteiger partial charge in [0.15, 0.2) is 6.61 Å². The summed E-state index contributed by atoms with van der Waals surface area (Å²) in [4.78, 5) is 12.0. The Morgan fingerprint density at radius 3 is 2.52 bits per heavy atom. The summed E-state index contributed by atoms with van der Waals surface area (Å²) in [7, 11) is -3.70. The van der Waals surface area contributed by atoms with Crippen LogP contribution >= 0.6 is 11.6 Å². The number of sulfonamides is 1. The van der Waals surface area contributed by atoms with Gasteiger partial charge in [-0.15, -0.1) is 0 Å². The fraction of sp³-hybridized carbons (Fsp3) is 0.316. The molecule has 0 spiro atoms. The third-order valence-electron chi connectivity index (χ3n) is 4.28. The highest BCUT2D eigenvalue weighted by Crippen LogP contribution is 2.31. The summed E-state index contributed by atoms with van der Waals surface area (Å²) in [6, 6.07) is 13.9. The zero-order chi connectivity index (χ0) is 19.3. The first-order valence-electron chi connectivity index (χ1n) is 8.70. The molecule has 6 nitrogen and oxygen atoms in total. The zero-order valence-corrected chi connectivity index (χ0v) is 16.3. The van der Waals surface area contributed by atoms with Gasteiger partial charge >= 0.3 is 0 Å². The minimum absolute atomic E-state index is 0.00670. The van der Waals surface area contributed by atoms with Crippen LogP contribution in [0.15, 0.2) is 53.4 Å². The van der Waals surface area contributed by atoms with E-state index in [1.165, 1.54) is 16.4 Å². The molecule has 27 heavy (non-hydrogen) atoms. The van der Waals surface area contributed by atoms with Crippen LogP contribution in [0.5, 0.6) is 5.75 Å². The number of hydrogen-bond donors (Lipinski definition) is 1. The van der Waals surface area contributed by atoms with Crippen molar-refractivity contribution >= 4 is 27.5 Å². The Kier molecular flexibility index (Phi) is 6.36. The molecule has 8 heteroatoms. The molecular formula is C19H21ClN2O4S. The molecule has 144 valence electrons. The highest BCUT2D eigenvalue weighted by Gasteiger charge is 2.30. The largest absolute Gasteiger partial charge is 0.482 e. The van der Waals surface area contributed by atoms with Gasteiger partial charge in [0.2, 0.25) is 10.0 Å². The molecule has 0 bridgehead atoms. The SMILES string of the molecule is O=C(COc1ccc(Cl)cc1S(=O)(=O)N1CCCC1)NCc1ccccc1. The molecule has 2 aromatic carbocycles. The van der Waals surface area contributed by atoms with Crippen LogP contribution < -0.4 is 10.1 Å². The maximum Gasteiger partial charge on any atom is 0.258 e. The fourth-order valence-corrected chi connectivity index (χ4v) is 4.77. The van der Waals surface area contributed by atoms with Crippen molar-refractivity contribution in [2.45, 2.75) is 24.3 Å². The van der Waals surface area contributed by atoms with Crippen molar-refractivity contribution in [3.63, 3.8) is 0 Å². The van der Waals surface area contributed by atoms with Crippen LogP contribution in [0, 0.1) is 0 Å². The maximum absolute atomic E-state index is 12.8. The van der Waals surface area contributed by atoms with E-state index >= 15 is 0 Å². The normalized spacial score (nSPS) is 14.9. The Bertz CT molecular complexity index is 897. The van der Waals surface area contributed by atoms with Gasteiger partial charge in [0.25, 0.3) is 5.91 Å².